The number of rotatable bonds is 9. The Balaban J connectivity index is 1.05. The molecule has 0 saturated carbocycles. The molecule has 3 aromatic heterocycles. The van der Waals surface area contributed by atoms with Gasteiger partial charge in [0.05, 0.1) is 16.7 Å². The van der Waals surface area contributed by atoms with Crippen LogP contribution in [-0.2, 0) is 0 Å². The van der Waals surface area contributed by atoms with E-state index in [1.54, 1.807) is 0 Å². The maximum atomic E-state index is 5.52. The predicted molar refractivity (Wildman–Crippen MR) is 311 cm³/mol. The Bertz CT molecular complexity index is 4260. The molecule has 3 heterocycles. The van der Waals surface area contributed by atoms with E-state index in [1.807, 2.05) is 17.4 Å². The average molecular weight is 961 g/mol. The number of aromatic nitrogens is 4. The molecular weight excluding hydrogens is 917 g/mol. The Labute approximate surface area is 432 Å². The summed E-state index contributed by atoms with van der Waals surface area (Å²) in [5.74, 6) is 1.77. The highest BCUT2D eigenvalue weighted by Crippen LogP contribution is 2.47. The van der Waals surface area contributed by atoms with Gasteiger partial charge in [0.2, 0.25) is 0 Å². The van der Waals surface area contributed by atoms with Gasteiger partial charge in [-0.1, -0.05) is 218 Å². The molecule has 0 aliphatic carbocycles. The molecule has 346 valence electrons. The van der Waals surface area contributed by atoms with Gasteiger partial charge in [-0.15, -0.1) is 11.3 Å². The predicted octanol–water partition coefficient (Wildman–Crippen LogP) is 18.7. The van der Waals surface area contributed by atoms with Crippen molar-refractivity contribution in [3.05, 3.63) is 267 Å². The number of benzene rings is 11. The number of thiophene rings is 1. The van der Waals surface area contributed by atoms with Gasteiger partial charge in [0, 0.05) is 58.8 Å². The first-order valence-corrected chi connectivity index (χ1v) is 25.8. The molecular formula is C69H44N4S. The lowest BCUT2D eigenvalue weighted by atomic mass is 9.92. The molecule has 4 nitrogen and oxygen atoms in total. The third kappa shape index (κ3) is 7.66. The first-order valence-electron chi connectivity index (χ1n) is 25.0. The van der Waals surface area contributed by atoms with E-state index in [0.29, 0.717) is 17.5 Å². The second-order valence-electron chi connectivity index (χ2n) is 18.7. The fourth-order valence-corrected chi connectivity index (χ4v) is 12.0. The Hall–Kier alpha value is -9.55. The van der Waals surface area contributed by atoms with E-state index < -0.39 is 0 Å². The van der Waals surface area contributed by atoms with E-state index in [2.05, 4.69) is 265 Å². The van der Waals surface area contributed by atoms with Gasteiger partial charge in [0.25, 0.3) is 0 Å². The van der Waals surface area contributed by atoms with E-state index in [1.165, 1.54) is 30.9 Å². The average Bonchev–Trinajstić information content (AvgIpc) is 4.03. The van der Waals surface area contributed by atoms with Crippen LogP contribution in [0.3, 0.4) is 0 Å². The molecule has 0 saturated heterocycles. The summed E-state index contributed by atoms with van der Waals surface area (Å²) in [6, 6.07) is 95.3. The lowest BCUT2D eigenvalue weighted by molar-refractivity contribution is 1.07. The van der Waals surface area contributed by atoms with Crippen molar-refractivity contribution in [3.8, 4) is 95.5 Å². The molecule has 0 spiro atoms. The van der Waals surface area contributed by atoms with Gasteiger partial charge >= 0.3 is 0 Å². The lowest BCUT2D eigenvalue weighted by Crippen LogP contribution is -2.04. The molecule has 0 aliphatic rings. The van der Waals surface area contributed by atoms with Crippen molar-refractivity contribution in [3.63, 3.8) is 0 Å². The van der Waals surface area contributed by atoms with Crippen LogP contribution in [0.1, 0.15) is 0 Å². The Morgan fingerprint density at radius 1 is 0.270 bits per heavy atom. The molecule has 0 radical (unpaired) electrons. The quantitative estimate of drug-likeness (QED) is 0.145. The third-order valence-electron chi connectivity index (χ3n) is 14.2. The second-order valence-corrected chi connectivity index (χ2v) is 19.8. The molecule has 0 bridgehead atoms. The number of nitrogens with zero attached hydrogens (tertiary/aromatic N) is 4. The molecule has 0 N–H and O–H groups in total. The summed E-state index contributed by atoms with van der Waals surface area (Å²) in [7, 11) is 0. The molecule has 0 atom stereocenters. The van der Waals surface area contributed by atoms with E-state index in [4.69, 9.17) is 15.0 Å². The van der Waals surface area contributed by atoms with Crippen molar-refractivity contribution in [2.75, 3.05) is 0 Å². The van der Waals surface area contributed by atoms with Crippen LogP contribution in [-0.4, -0.2) is 19.5 Å². The highest BCUT2D eigenvalue weighted by molar-refractivity contribution is 7.26. The maximum Gasteiger partial charge on any atom is 0.164 e. The van der Waals surface area contributed by atoms with Crippen LogP contribution in [0.15, 0.2) is 267 Å². The van der Waals surface area contributed by atoms with Crippen molar-refractivity contribution < 1.29 is 0 Å². The minimum Gasteiger partial charge on any atom is -0.308 e. The Morgan fingerprint density at radius 3 is 1.23 bits per heavy atom. The second kappa shape index (κ2) is 18.2. The molecule has 0 fully saturated rings. The van der Waals surface area contributed by atoms with Crippen molar-refractivity contribution in [2.45, 2.75) is 0 Å². The maximum absolute atomic E-state index is 5.52. The lowest BCUT2D eigenvalue weighted by Gasteiger charge is -2.21. The number of hydrogen-bond acceptors (Lipinski definition) is 4. The summed E-state index contributed by atoms with van der Waals surface area (Å²) in [6.07, 6.45) is 0. The molecule has 0 unspecified atom stereocenters. The van der Waals surface area contributed by atoms with E-state index >= 15 is 0 Å². The van der Waals surface area contributed by atoms with Gasteiger partial charge in [-0.3, -0.25) is 0 Å². The number of fused-ring (bicyclic) bond motifs is 7. The standard InChI is InChI=1S/C69H44N4S/c1-6-20-45(21-7-1)48-34-36-51(37-35-48)67-70-68(54-41-52(46-22-8-2-9-23-46)40-53(42-54)47-24-10-3-11-25-47)72-69(71-67)55-43-59(49-26-12-4-13-27-49)65(60(44-55)50-28-14-5-15-29-50)73-61-32-18-16-31-58(61)64-62(73)39-38-57-56-30-17-19-33-63(56)74-66(57)64/h1-44H. The molecule has 0 amide bonds. The highest BCUT2D eigenvalue weighted by atomic mass is 32.1. The van der Waals surface area contributed by atoms with Crippen molar-refractivity contribution in [2.24, 2.45) is 0 Å². The van der Waals surface area contributed by atoms with Gasteiger partial charge in [-0.05, 0) is 93.0 Å². The summed E-state index contributed by atoms with van der Waals surface area (Å²) in [6.45, 7) is 0. The van der Waals surface area contributed by atoms with Crippen molar-refractivity contribution in [1.82, 2.24) is 19.5 Å². The Kier molecular flexibility index (Phi) is 10.7. The van der Waals surface area contributed by atoms with Crippen molar-refractivity contribution in [1.29, 1.82) is 0 Å². The zero-order chi connectivity index (χ0) is 49.0. The summed E-state index contributed by atoms with van der Waals surface area (Å²) in [5, 5.41) is 5.06. The zero-order valence-corrected chi connectivity index (χ0v) is 40.9. The molecule has 11 aromatic carbocycles. The topological polar surface area (TPSA) is 43.6 Å². The first kappa shape index (κ1) is 43.3. The van der Waals surface area contributed by atoms with E-state index in [0.717, 1.165) is 89.0 Å². The van der Waals surface area contributed by atoms with Crippen LogP contribution >= 0.6 is 11.3 Å². The summed E-state index contributed by atoms with van der Waals surface area (Å²) >= 11 is 1.88. The van der Waals surface area contributed by atoms with Gasteiger partial charge in [0.1, 0.15) is 0 Å². The summed E-state index contributed by atoms with van der Waals surface area (Å²) in [4.78, 5) is 16.3. The normalized spacial score (nSPS) is 11.5. The van der Waals surface area contributed by atoms with Crippen LogP contribution in [0, 0.1) is 0 Å². The third-order valence-corrected chi connectivity index (χ3v) is 15.4. The fourth-order valence-electron chi connectivity index (χ4n) is 10.7. The van der Waals surface area contributed by atoms with Gasteiger partial charge in [-0.2, -0.15) is 0 Å². The number of para-hydroxylation sites is 1. The van der Waals surface area contributed by atoms with Gasteiger partial charge in [-0.25, -0.2) is 15.0 Å². The molecule has 5 heteroatoms. The molecule has 74 heavy (non-hydrogen) atoms. The van der Waals surface area contributed by atoms with Crippen LogP contribution in [0.5, 0.6) is 0 Å². The first-order chi connectivity index (χ1) is 36.7. The van der Waals surface area contributed by atoms with E-state index in [9.17, 15) is 0 Å². The number of hydrogen-bond donors (Lipinski definition) is 0. The SMILES string of the molecule is c1ccc(-c2ccc(-c3nc(-c4cc(-c5ccccc5)cc(-c5ccccc5)c4)nc(-c4cc(-c5ccccc5)c(-n5c6ccccc6c6c7sc8ccccc8c7ccc65)c(-c5ccccc5)c4)n3)cc2)cc1. The van der Waals surface area contributed by atoms with Crippen LogP contribution < -0.4 is 0 Å². The molecule has 0 aliphatic heterocycles. The smallest absolute Gasteiger partial charge is 0.164 e. The summed E-state index contributed by atoms with van der Waals surface area (Å²) in [5.41, 5.74) is 17.1. The molecule has 14 aromatic rings. The largest absolute Gasteiger partial charge is 0.308 e. The Morgan fingerprint density at radius 2 is 0.676 bits per heavy atom. The summed E-state index contributed by atoms with van der Waals surface area (Å²) < 4.78 is 5.09. The van der Waals surface area contributed by atoms with E-state index in [-0.39, 0.29) is 0 Å². The molecule has 14 rings (SSSR count). The van der Waals surface area contributed by atoms with Gasteiger partial charge in [0.15, 0.2) is 17.5 Å². The van der Waals surface area contributed by atoms with Gasteiger partial charge < -0.3 is 4.57 Å². The van der Waals surface area contributed by atoms with Crippen LogP contribution in [0.2, 0.25) is 0 Å². The minimum absolute atomic E-state index is 0.582. The fraction of sp³-hybridized carbons (Fsp3) is 0. The highest BCUT2D eigenvalue weighted by Gasteiger charge is 2.25. The van der Waals surface area contributed by atoms with Crippen LogP contribution in [0.25, 0.3) is 137 Å². The monoisotopic (exact) mass is 960 g/mol. The zero-order valence-electron chi connectivity index (χ0n) is 40.1. The van der Waals surface area contributed by atoms with Crippen LogP contribution in [0.4, 0.5) is 0 Å². The van der Waals surface area contributed by atoms with Crippen molar-refractivity contribution >= 4 is 53.3 Å². The minimum atomic E-state index is 0.582.